The molecule has 0 saturated carbocycles. The lowest BCUT2D eigenvalue weighted by Gasteiger charge is -2.37. The number of benzene rings is 3. The van der Waals surface area contributed by atoms with Gasteiger partial charge in [0.05, 0.1) is 27.7 Å². The van der Waals surface area contributed by atoms with Crippen LogP contribution in [-0.4, -0.2) is 70.4 Å². The number of ether oxygens (including phenoxy) is 1. The van der Waals surface area contributed by atoms with E-state index in [9.17, 15) is 13.2 Å². The van der Waals surface area contributed by atoms with Gasteiger partial charge in [-0.2, -0.15) is 0 Å². The van der Waals surface area contributed by atoms with E-state index in [0.717, 1.165) is 5.56 Å². The molecule has 1 fully saturated rings. The minimum Gasteiger partial charge on any atom is -0.495 e. The highest BCUT2D eigenvalue weighted by Crippen LogP contribution is 2.33. The molecule has 1 saturated heterocycles. The Labute approximate surface area is 228 Å². The summed E-state index contributed by atoms with van der Waals surface area (Å²) in [4.78, 5) is 16.9. The minimum atomic E-state index is -3.70. The molecule has 1 heterocycles. The van der Waals surface area contributed by atoms with E-state index in [0.29, 0.717) is 66.2 Å². The third kappa shape index (κ3) is 6.21. The molecule has 1 aliphatic rings. The van der Waals surface area contributed by atoms with Gasteiger partial charge in [-0.25, -0.2) is 12.7 Å². The summed E-state index contributed by atoms with van der Waals surface area (Å²) < 4.78 is 33.6. The highest BCUT2D eigenvalue weighted by Gasteiger charge is 2.27. The fourth-order valence-electron chi connectivity index (χ4n) is 4.27. The van der Waals surface area contributed by atoms with E-state index in [4.69, 9.17) is 27.9 Å². The average molecular weight is 563 g/mol. The van der Waals surface area contributed by atoms with Crippen molar-refractivity contribution in [3.63, 3.8) is 0 Å². The first-order valence-electron chi connectivity index (χ1n) is 11.9. The third-order valence-corrected chi connectivity index (χ3v) is 9.08. The van der Waals surface area contributed by atoms with Gasteiger partial charge in [0.1, 0.15) is 5.75 Å². The van der Waals surface area contributed by atoms with Crippen LogP contribution in [0, 0.1) is 0 Å². The van der Waals surface area contributed by atoms with Crippen LogP contribution in [0.4, 0.5) is 5.69 Å². The molecular formula is C27H29Cl2N3O4S. The van der Waals surface area contributed by atoms with Crippen molar-refractivity contribution in [3.05, 3.63) is 87.9 Å². The SMILES string of the molecule is COc1ccc(S(=O)(=O)N(C)CCc2ccccc2)cc1N1CCN(C(=O)c2ccc(Cl)c(Cl)c2)CC1. The lowest BCUT2D eigenvalue weighted by molar-refractivity contribution is 0.0746. The number of piperazine rings is 1. The number of hydrogen-bond donors (Lipinski definition) is 0. The van der Waals surface area contributed by atoms with Crippen LogP contribution in [0.5, 0.6) is 5.75 Å². The number of halogens is 2. The number of anilines is 1. The molecule has 7 nitrogen and oxygen atoms in total. The number of methoxy groups -OCH3 is 1. The Bertz CT molecular complexity index is 1360. The monoisotopic (exact) mass is 561 g/mol. The highest BCUT2D eigenvalue weighted by molar-refractivity contribution is 7.89. The molecule has 1 amide bonds. The predicted molar refractivity (Wildman–Crippen MR) is 148 cm³/mol. The largest absolute Gasteiger partial charge is 0.495 e. The van der Waals surface area contributed by atoms with Crippen LogP contribution in [0.3, 0.4) is 0 Å². The Morgan fingerprint density at radius 3 is 2.30 bits per heavy atom. The molecule has 0 unspecified atom stereocenters. The first-order valence-corrected chi connectivity index (χ1v) is 14.1. The number of sulfonamides is 1. The molecular weight excluding hydrogens is 533 g/mol. The van der Waals surface area contributed by atoms with Gasteiger partial charge in [-0.3, -0.25) is 4.79 Å². The zero-order valence-electron chi connectivity index (χ0n) is 20.7. The molecule has 37 heavy (non-hydrogen) atoms. The lowest BCUT2D eigenvalue weighted by atomic mass is 10.1. The maximum Gasteiger partial charge on any atom is 0.254 e. The van der Waals surface area contributed by atoms with Crippen LogP contribution in [0.25, 0.3) is 0 Å². The van der Waals surface area contributed by atoms with Crippen LogP contribution in [0.15, 0.2) is 71.6 Å². The fourth-order valence-corrected chi connectivity index (χ4v) is 5.76. The molecule has 196 valence electrons. The molecule has 0 aliphatic carbocycles. The molecule has 3 aromatic rings. The first kappa shape index (κ1) is 27.3. The van der Waals surface area contributed by atoms with Crippen molar-refractivity contribution in [2.45, 2.75) is 11.3 Å². The van der Waals surface area contributed by atoms with Gasteiger partial charge in [0, 0.05) is 45.3 Å². The van der Waals surface area contributed by atoms with Gasteiger partial charge in [-0.15, -0.1) is 0 Å². The number of hydrogen-bond acceptors (Lipinski definition) is 5. The maximum absolute atomic E-state index is 13.3. The molecule has 0 radical (unpaired) electrons. The number of rotatable bonds is 8. The Morgan fingerprint density at radius 1 is 0.946 bits per heavy atom. The van der Waals surface area contributed by atoms with Crippen molar-refractivity contribution in [2.24, 2.45) is 0 Å². The van der Waals surface area contributed by atoms with Crippen molar-refractivity contribution in [1.82, 2.24) is 9.21 Å². The number of carbonyl (C=O) groups excluding carboxylic acids is 1. The Hall–Kier alpha value is -2.78. The summed E-state index contributed by atoms with van der Waals surface area (Å²) in [5.74, 6) is 0.455. The Kier molecular flexibility index (Phi) is 8.64. The van der Waals surface area contributed by atoms with Gasteiger partial charge in [0.25, 0.3) is 5.91 Å². The second-order valence-corrected chi connectivity index (χ2v) is 11.7. The molecule has 1 aliphatic heterocycles. The summed E-state index contributed by atoms with van der Waals surface area (Å²) in [5, 5.41) is 0.735. The lowest BCUT2D eigenvalue weighted by Crippen LogP contribution is -2.49. The zero-order valence-corrected chi connectivity index (χ0v) is 23.1. The van der Waals surface area contributed by atoms with Gasteiger partial charge in [-0.1, -0.05) is 53.5 Å². The number of likely N-dealkylation sites (N-methyl/N-ethyl adjacent to an activating group) is 1. The van der Waals surface area contributed by atoms with Crippen LogP contribution in [0.1, 0.15) is 15.9 Å². The maximum atomic E-state index is 13.3. The second-order valence-electron chi connectivity index (χ2n) is 8.80. The van der Waals surface area contributed by atoms with E-state index in [2.05, 4.69) is 0 Å². The smallest absolute Gasteiger partial charge is 0.254 e. The normalized spacial score (nSPS) is 14.2. The van der Waals surface area contributed by atoms with Crippen LogP contribution in [-0.2, 0) is 16.4 Å². The summed E-state index contributed by atoms with van der Waals surface area (Å²) in [6.07, 6.45) is 0.619. The van der Waals surface area contributed by atoms with Crippen molar-refractivity contribution < 1.29 is 17.9 Å². The van der Waals surface area contributed by atoms with Gasteiger partial charge in [0.15, 0.2) is 0 Å². The summed E-state index contributed by atoms with van der Waals surface area (Å²) in [5.41, 5.74) is 2.24. The van der Waals surface area contributed by atoms with E-state index < -0.39 is 10.0 Å². The van der Waals surface area contributed by atoms with Gasteiger partial charge >= 0.3 is 0 Å². The number of amides is 1. The van der Waals surface area contributed by atoms with E-state index in [1.165, 1.54) is 4.31 Å². The van der Waals surface area contributed by atoms with E-state index in [-0.39, 0.29) is 10.8 Å². The summed E-state index contributed by atoms with van der Waals surface area (Å²) in [6.45, 7) is 2.35. The standard InChI is InChI=1S/C27H29Cl2N3O4S/c1-30(13-12-20-6-4-3-5-7-20)37(34,35)22-9-11-26(36-2)25(19-22)31-14-16-32(17-15-31)27(33)21-8-10-23(28)24(29)18-21/h3-11,18-19H,12-17H2,1-2H3. The first-order chi connectivity index (χ1) is 17.7. The quantitative estimate of drug-likeness (QED) is 0.394. The van der Waals surface area contributed by atoms with E-state index in [1.807, 2.05) is 35.2 Å². The molecule has 0 aromatic heterocycles. The molecule has 10 heteroatoms. The molecule has 0 bridgehead atoms. The van der Waals surface area contributed by atoms with Crippen LogP contribution >= 0.6 is 23.2 Å². The summed E-state index contributed by atoms with van der Waals surface area (Å²) >= 11 is 12.1. The molecule has 0 N–H and O–H groups in total. The Balaban J connectivity index is 1.47. The third-order valence-electron chi connectivity index (χ3n) is 6.49. The number of nitrogens with zero attached hydrogens (tertiary/aromatic N) is 3. The topological polar surface area (TPSA) is 70.2 Å². The molecule has 4 rings (SSSR count). The molecule has 3 aromatic carbocycles. The number of carbonyl (C=O) groups is 1. The van der Waals surface area contributed by atoms with Crippen LogP contribution < -0.4 is 9.64 Å². The van der Waals surface area contributed by atoms with Crippen molar-refractivity contribution in [1.29, 1.82) is 0 Å². The second kappa shape index (κ2) is 11.7. The van der Waals surface area contributed by atoms with E-state index >= 15 is 0 Å². The van der Waals surface area contributed by atoms with E-state index in [1.54, 1.807) is 55.5 Å². The molecule has 0 spiro atoms. The van der Waals surface area contributed by atoms with Crippen LogP contribution in [0.2, 0.25) is 10.0 Å². The van der Waals surface area contributed by atoms with Crippen molar-refractivity contribution >= 4 is 44.8 Å². The zero-order chi connectivity index (χ0) is 26.6. The summed E-state index contributed by atoms with van der Waals surface area (Å²) in [6, 6.07) is 19.5. The van der Waals surface area contributed by atoms with Gasteiger partial charge in [-0.05, 0) is 48.4 Å². The van der Waals surface area contributed by atoms with Gasteiger partial charge < -0.3 is 14.5 Å². The van der Waals surface area contributed by atoms with Crippen molar-refractivity contribution in [3.8, 4) is 5.75 Å². The fraction of sp³-hybridized carbons (Fsp3) is 0.296. The summed E-state index contributed by atoms with van der Waals surface area (Å²) in [7, 11) is -0.548. The minimum absolute atomic E-state index is 0.124. The highest BCUT2D eigenvalue weighted by atomic mass is 35.5. The average Bonchev–Trinajstić information content (AvgIpc) is 2.93. The molecule has 0 atom stereocenters. The van der Waals surface area contributed by atoms with Crippen molar-refractivity contribution in [2.75, 3.05) is 51.8 Å². The predicted octanol–water partition coefficient (Wildman–Crippen LogP) is 4.83. The van der Waals surface area contributed by atoms with Gasteiger partial charge in [0.2, 0.25) is 10.0 Å². The Morgan fingerprint density at radius 2 is 1.65 bits per heavy atom.